The molecule has 18 heavy (non-hydrogen) atoms. The van der Waals surface area contributed by atoms with E-state index in [-0.39, 0.29) is 5.91 Å². The van der Waals surface area contributed by atoms with Gasteiger partial charge >= 0.3 is 0 Å². The minimum atomic E-state index is 0.152. The number of hydrogen-bond donors (Lipinski definition) is 0. The topological polar surface area (TPSA) is 36.4 Å². The molecule has 0 aliphatic carbocycles. The van der Waals surface area contributed by atoms with Gasteiger partial charge in [-0.3, -0.25) is 9.78 Å². The van der Waals surface area contributed by atoms with Crippen molar-refractivity contribution in [2.24, 2.45) is 0 Å². The standard InChI is InChI=1S/C14H19N3O/c1-16-8-3-4-11(16)6-9-17-10-13-12(14(17)18)5-2-7-15-13/h2,5,7,11H,3-4,6,8-10H2,1H3/t11-/m0/s1. The van der Waals surface area contributed by atoms with Crippen LogP contribution >= 0.6 is 0 Å². The van der Waals surface area contributed by atoms with Gasteiger partial charge in [0.05, 0.1) is 17.8 Å². The first-order valence-corrected chi connectivity index (χ1v) is 6.69. The van der Waals surface area contributed by atoms with Crippen LogP contribution < -0.4 is 0 Å². The molecule has 4 nitrogen and oxygen atoms in total. The van der Waals surface area contributed by atoms with Gasteiger partial charge in [-0.25, -0.2) is 0 Å². The molecule has 1 aromatic rings. The Kier molecular flexibility index (Phi) is 3.04. The number of pyridine rings is 1. The van der Waals surface area contributed by atoms with Gasteiger partial charge in [0.1, 0.15) is 0 Å². The third-order valence-corrected chi connectivity index (χ3v) is 4.15. The van der Waals surface area contributed by atoms with Crippen molar-refractivity contribution in [3.8, 4) is 0 Å². The second-order valence-corrected chi connectivity index (χ2v) is 5.29. The number of amides is 1. The van der Waals surface area contributed by atoms with E-state index < -0.39 is 0 Å². The minimum Gasteiger partial charge on any atom is -0.333 e. The molecule has 0 spiro atoms. The summed E-state index contributed by atoms with van der Waals surface area (Å²) in [7, 11) is 2.18. The molecule has 96 valence electrons. The predicted molar refractivity (Wildman–Crippen MR) is 69.2 cm³/mol. The quantitative estimate of drug-likeness (QED) is 0.810. The summed E-state index contributed by atoms with van der Waals surface area (Å²) in [6, 6.07) is 4.37. The van der Waals surface area contributed by atoms with Crippen molar-refractivity contribution < 1.29 is 4.79 Å². The Morgan fingerprint density at radius 2 is 2.39 bits per heavy atom. The smallest absolute Gasteiger partial charge is 0.256 e. The van der Waals surface area contributed by atoms with Gasteiger partial charge in [-0.2, -0.15) is 0 Å². The maximum absolute atomic E-state index is 12.2. The van der Waals surface area contributed by atoms with Gasteiger partial charge in [-0.1, -0.05) is 0 Å². The van der Waals surface area contributed by atoms with Crippen LogP contribution in [0.5, 0.6) is 0 Å². The highest BCUT2D eigenvalue weighted by Crippen LogP contribution is 2.23. The molecular formula is C14H19N3O. The average Bonchev–Trinajstić information content (AvgIpc) is 2.92. The lowest BCUT2D eigenvalue weighted by molar-refractivity contribution is 0.0765. The third kappa shape index (κ3) is 2.01. The van der Waals surface area contributed by atoms with Gasteiger partial charge in [0.2, 0.25) is 0 Å². The van der Waals surface area contributed by atoms with Gasteiger partial charge < -0.3 is 9.80 Å². The lowest BCUT2D eigenvalue weighted by Gasteiger charge is -2.22. The molecule has 0 aromatic carbocycles. The van der Waals surface area contributed by atoms with Gasteiger partial charge in [-0.15, -0.1) is 0 Å². The second kappa shape index (κ2) is 4.69. The summed E-state index contributed by atoms with van der Waals surface area (Å²) >= 11 is 0. The highest BCUT2D eigenvalue weighted by atomic mass is 16.2. The molecule has 0 saturated carbocycles. The zero-order valence-corrected chi connectivity index (χ0v) is 10.8. The van der Waals surface area contributed by atoms with E-state index in [2.05, 4.69) is 16.9 Å². The average molecular weight is 245 g/mol. The second-order valence-electron chi connectivity index (χ2n) is 5.29. The van der Waals surface area contributed by atoms with E-state index in [1.165, 1.54) is 19.4 Å². The van der Waals surface area contributed by atoms with E-state index in [1.807, 2.05) is 17.0 Å². The fourth-order valence-electron chi connectivity index (χ4n) is 3.01. The SMILES string of the molecule is CN1CCC[C@H]1CCN1Cc2ncccc2C1=O. The van der Waals surface area contributed by atoms with Crippen LogP contribution in [0.3, 0.4) is 0 Å². The Morgan fingerprint density at radius 1 is 1.50 bits per heavy atom. The number of nitrogens with zero attached hydrogens (tertiary/aromatic N) is 3. The highest BCUT2D eigenvalue weighted by molar-refractivity contribution is 5.97. The van der Waals surface area contributed by atoms with Crippen LogP contribution in [-0.2, 0) is 6.54 Å². The first kappa shape index (κ1) is 11.7. The van der Waals surface area contributed by atoms with E-state index in [0.717, 1.165) is 24.2 Å². The van der Waals surface area contributed by atoms with Crippen molar-refractivity contribution in [2.45, 2.75) is 31.8 Å². The summed E-state index contributed by atoms with van der Waals surface area (Å²) in [6.45, 7) is 2.73. The van der Waals surface area contributed by atoms with Crippen LogP contribution in [-0.4, -0.2) is 46.9 Å². The molecule has 3 rings (SSSR count). The number of hydrogen-bond acceptors (Lipinski definition) is 3. The molecule has 0 radical (unpaired) electrons. The third-order valence-electron chi connectivity index (χ3n) is 4.15. The summed E-state index contributed by atoms with van der Waals surface area (Å²) < 4.78 is 0. The van der Waals surface area contributed by atoms with E-state index in [9.17, 15) is 4.79 Å². The molecule has 1 saturated heterocycles. The zero-order chi connectivity index (χ0) is 12.5. The number of fused-ring (bicyclic) bond motifs is 1. The van der Waals surface area contributed by atoms with Gasteiger partial charge in [-0.05, 0) is 45.0 Å². The van der Waals surface area contributed by atoms with Crippen molar-refractivity contribution in [1.29, 1.82) is 0 Å². The summed E-state index contributed by atoms with van der Waals surface area (Å²) in [6.07, 6.45) is 5.40. The van der Waals surface area contributed by atoms with Crippen molar-refractivity contribution in [1.82, 2.24) is 14.8 Å². The monoisotopic (exact) mass is 245 g/mol. The molecule has 4 heteroatoms. The first-order chi connectivity index (χ1) is 8.75. The number of carbonyl (C=O) groups is 1. The van der Waals surface area contributed by atoms with Crippen LogP contribution in [0.1, 0.15) is 35.3 Å². The highest BCUT2D eigenvalue weighted by Gasteiger charge is 2.29. The van der Waals surface area contributed by atoms with E-state index in [0.29, 0.717) is 12.6 Å². The molecule has 1 fully saturated rings. The van der Waals surface area contributed by atoms with Crippen molar-refractivity contribution >= 4 is 5.91 Å². The van der Waals surface area contributed by atoms with E-state index in [4.69, 9.17) is 0 Å². The lowest BCUT2D eigenvalue weighted by Crippen LogP contribution is -2.32. The number of aromatic nitrogens is 1. The van der Waals surface area contributed by atoms with Gasteiger partial charge in [0, 0.05) is 18.8 Å². The van der Waals surface area contributed by atoms with Crippen LogP contribution in [0.15, 0.2) is 18.3 Å². The summed E-state index contributed by atoms with van der Waals surface area (Å²) in [5.74, 6) is 0.152. The Balaban J connectivity index is 1.61. The van der Waals surface area contributed by atoms with Crippen LogP contribution in [0.2, 0.25) is 0 Å². The van der Waals surface area contributed by atoms with Gasteiger partial charge in [0.15, 0.2) is 0 Å². The molecule has 1 amide bonds. The molecule has 2 aliphatic rings. The number of likely N-dealkylation sites (tertiary alicyclic amines) is 1. The fraction of sp³-hybridized carbons (Fsp3) is 0.571. The number of carbonyl (C=O) groups excluding carboxylic acids is 1. The van der Waals surface area contributed by atoms with Crippen LogP contribution in [0.25, 0.3) is 0 Å². The minimum absolute atomic E-state index is 0.152. The normalized spacial score (nSPS) is 23.7. The predicted octanol–water partition coefficient (Wildman–Crippen LogP) is 1.52. The molecule has 0 N–H and O–H groups in total. The largest absolute Gasteiger partial charge is 0.333 e. The maximum Gasteiger partial charge on any atom is 0.256 e. The molecule has 3 heterocycles. The van der Waals surface area contributed by atoms with E-state index >= 15 is 0 Å². The summed E-state index contributed by atoms with van der Waals surface area (Å²) in [5.41, 5.74) is 1.72. The van der Waals surface area contributed by atoms with Crippen molar-refractivity contribution in [3.63, 3.8) is 0 Å². The molecule has 0 bridgehead atoms. The Bertz CT molecular complexity index is 460. The zero-order valence-electron chi connectivity index (χ0n) is 10.8. The van der Waals surface area contributed by atoms with Crippen molar-refractivity contribution in [2.75, 3.05) is 20.1 Å². The lowest BCUT2D eigenvalue weighted by atomic mass is 10.1. The molecule has 0 unspecified atom stereocenters. The van der Waals surface area contributed by atoms with Gasteiger partial charge in [0.25, 0.3) is 5.91 Å². The molecule has 1 aromatic heterocycles. The Hall–Kier alpha value is -1.42. The Morgan fingerprint density at radius 3 is 3.11 bits per heavy atom. The summed E-state index contributed by atoms with van der Waals surface area (Å²) in [4.78, 5) is 20.8. The maximum atomic E-state index is 12.2. The van der Waals surface area contributed by atoms with Crippen LogP contribution in [0, 0.1) is 0 Å². The number of rotatable bonds is 3. The van der Waals surface area contributed by atoms with E-state index in [1.54, 1.807) is 6.20 Å². The Labute approximate surface area is 108 Å². The fourth-order valence-corrected chi connectivity index (χ4v) is 3.01. The first-order valence-electron chi connectivity index (χ1n) is 6.69. The molecular weight excluding hydrogens is 226 g/mol. The molecule has 1 atom stereocenters. The van der Waals surface area contributed by atoms with Crippen LogP contribution in [0.4, 0.5) is 0 Å². The summed E-state index contributed by atoms with van der Waals surface area (Å²) in [5, 5.41) is 0. The van der Waals surface area contributed by atoms with Crippen molar-refractivity contribution in [3.05, 3.63) is 29.6 Å². The molecule has 2 aliphatic heterocycles.